The zero-order valence-corrected chi connectivity index (χ0v) is 15.9. The topological polar surface area (TPSA) is 22.1 Å². The Morgan fingerprint density at radius 1 is 1.05 bits per heavy atom. The molecule has 1 heterocycles. The Labute approximate surface area is 150 Å². The van der Waals surface area contributed by atoms with Gasteiger partial charge in [0.1, 0.15) is 5.75 Å². The largest absolute Gasteiger partial charge is 0.493 e. The number of aromatic nitrogens is 1. The summed E-state index contributed by atoms with van der Waals surface area (Å²) in [6.45, 7) is 0.736. The van der Waals surface area contributed by atoms with E-state index in [1.807, 2.05) is 24.3 Å². The Morgan fingerprint density at radius 2 is 1.86 bits per heavy atom. The Bertz CT molecular complexity index is 755. The van der Waals surface area contributed by atoms with Crippen molar-refractivity contribution in [2.24, 2.45) is 0 Å². The highest BCUT2D eigenvalue weighted by Gasteiger charge is 2.13. The van der Waals surface area contributed by atoms with Crippen molar-refractivity contribution in [2.45, 2.75) is 12.8 Å². The molecule has 0 saturated heterocycles. The van der Waals surface area contributed by atoms with Crippen LogP contribution in [0.1, 0.15) is 12.8 Å². The van der Waals surface area contributed by atoms with Crippen molar-refractivity contribution in [3.63, 3.8) is 0 Å². The van der Waals surface area contributed by atoms with E-state index >= 15 is 0 Å². The van der Waals surface area contributed by atoms with E-state index in [4.69, 9.17) is 4.74 Å². The lowest BCUT2D eigenvalue weighted by molar-refractivity contribution is 0.313. The van der Waals surface area contributed by atoms with Gasteiger partial charge < -0.3 is 4.74 Å². The molecule has 0 aliphatic rings. The van der Waals surface area contributed by atoms with Crippen LogP contribution in [0.15, 0.2) is 46.9 Å². The maximum absolute atomic E-state index is 6.00. The minimum atomic E-state index is 0.736. The number of unbranched alkanes of at least 4 members (excludes halogenated alkanes) is 1. The van der Waals surface area contributed by atoms with Crippen LogP contribution in [0.3, 0.4) is 0 Å². The number of rotatable bonds is 6. The third-order valence-electron chi connectivity index (χ3n) is 3.36. The number of hydrogen-bond donors (Lipinski definition) is 0. The second-order valence-corrected chi connectivity index (χ2v) is 7.43. The van der Waals surface area contributed by atoms with Crippen molar-refractivity contribution in [2.75, 3.05) is 11.9 Å². The second kappa shape index (κ2) is 7.57. The summed E-state index contributed by atoms with van der Waals surface area (Å²) in [5, 5.41) is 2.14. The van der Waals surface area contributed by atoms with Gasteiger partial charge in [-0.1, -0.05) is 50.1 Å². The molecule has 0 atom stereocenters. The third kappa shape index (κ3) is 3.53. The smallest absolute Gasteiger partial charge is 0.130 e. The molecule has 2 nitrogen and oxygen atoms in total. The lowest BCUT2D eigenvalue weighted by Crippen LogP contribution is -1.98. The van der Waals surface area contributed by atoms with Crippen molar-refractivity contribution < 1.29 is 4.74 Å². The van der Waals surface area contributed by atoms with Gasteiger partial charge in [0.05, 0.1) is 22.4 Å². The Morgan fingerprint density at radius 3 is 2.64 bits per heavy atom. The first-order chi connectivity index (χ1) is 10.8. The number of fused-ring (bicyclic) bond motifs is 1. The standard InChI is InChI=1S/C17H15Br2NOS/c18-10-1-2-11-21-14-4-3-5-15-16(14)17(20-22-15)12-6-8-13(19)9-7-12/h3-9H,1-2,10-11H2. The van der Waals surface area contributed by atoms with E-state index in [9.17, 15) is 0 Å². The van der Waals surface area contributed by atoms with E-state index in [0.29, 0.717) is 0 Å². The quantitative estimate of drug-likeness (QED) is 0.332. The first kappa shape index (κ1) is 16.0. The van der Waals surface area contributed by atoms with Crippen molar-refractivity contribution in [3.05, 3.63) is 46.9 Å². The van der Waals surface area contributed by atoms with Crippen LogP contribution < -0.4 is 4.74 Å². The zero-order chi connectivity index (χ0) is 15.4. The van der Waals surface area contributed by atoms with Crippen LogP contribution in [-0.4, -0.2) is 16.3 Å². The molecule has 1 aromatic heterocycles. The maximum Gasteiger partial charge on any atom is 0.130 e. The Kier molecular flexibility index (Phi) is 5.50. The summed E-state index contributed by atoms with van der Waals surface area (Å²) < 4.78 is 12.9. The average Bonchev–Trinajstić information content (AvgIpc) is 2.97. The molecule has 114 valence electrons. The predicted molar refractivity (Wildman–Crippen MR) is 101 cm³/mol. The van der Waals surface area contributed by atoms with E-state index < -0.39 is 0 Å². The molecule has 2 aromatic carbocycles. The molecule has 0 bridgehead atoms. The number of nitrogens with zero attached hydrogens (tertiary/aromatic N) is 1. The Hall–Kier alpha value is -0.910. The molecular formula is C17H15Br2NOS. The summed E-state index contributed by atoms with van der Waals surface area (Å²) in [4.78, 5) is 0. The number of halogens is 2. The lowest BCUT2D eigenvalue weighted by Gasteiger charge is -2.08. The highest BCUT2D eigenvalue weighted by molar-refractivity contribution is 9.10. The summed E-state index contributed by atoms with van der Waals surface area (Å²) in [5.41, 5.74) is 2.12. The molecular weight excluding hydrogens is 426 g/mol. The molecule has 0 radical (unpaired) electrons. The summed E-state index contributed by atoms with van der Waals surface area (Å²) in [5.74, 6) is 0.929. The van der Waals surface area contributed by atoms with E-state index in [0.717, 1.165) is 56.3 Å². The van der Waals surface area contributed by atoms with Crippen LogP contribution in [-0.2, 0) is 0 Å². The molecule has 5 heteroatoms. The number of hydrogen-bond acceptors (Lipinski definition) is 3. The number of benzene rings is 2. The van der Waals surface area contributed by atoms with Gasteiger partial charge in [-0.2, -0.15) is 4.37 Å². The SMILES string of the molecule is BrCCCCOc1cccc2snc(-c3ccc(Br)cc3)c12. The van der Waals surface area contributed by atoms with Crippen LogP contribution >= 0.6 is 43.4 Å². The van der Waals surface area contributed by atoms with Gasteiger partial charge in [0.15, 0.2) is 0 Å². The van der Waals surface area contributed by atoms with E-state index in [1.54, 1.807) is 0 Å². The fourth-order valence-corrected chi connectivity index (χ4v) is 3.74. The number of ether oxygens (including phenoxy) is 1. The monoisotopic (exact) mass is 439 g/mol. The molecule has 0 saturated carbocycles. The molecule has 0 spiro atoms. The summed E-state index contributed by atoms with van der Waals surface area (Å²) in [6.07, 6.45) is 2.17. The van der Waals surface area contributed by atoms with Crippen molar-refractivity contribution in [1.82, 2.24) is 4.37 Å². The first-order valence-electron chi connectivity index (χ1n) is 7.12. The van der Waals surface area contributed by atoms with Gasteiger partial charge in [0.25, 0.3) is 0 Å². The minimum Gasteiger partial charge on any atom is -0.493 e. The van der Waals surface area contributed by atoms with Gasteiger partial charge in [-0.3, -0.25) is 0 Å². The van der Waals surface area contributed by atoms with Crippen LogP contribution in [0.25, 0.3) is 21.3 Å². The maximum atomic E-state index is 6.00. The summed E-state index contributed by atoms with van der Waals surface area (Å²) >= 11 is 8.45. The number of alkyl halides is 1. The molecule has 0 aliphatic heterocycles. The first-order valence-corrected chi connectivity index (χ1v) is 9.81. The van der Waals surface area contributed by atoms with Gasteiger partial charge in [0, 0.05) is 15.4 Å². The van der Waals surface area contributed by atoms with Crippen molar-refractivity contribution in [1.29, 1.82) is 0 Å². The van der Waals surface area contributed by atoms with Crippen molar-refractivity contribution >= 4 is 53.5 Å². The van der Waals surface area contributed by atoms with Gasteiger partial charge in [-0.15, -0.1) is 0 Å². The fraction of sp³-hybridized carbons (Fsp3) is 0.235. The lowest BCUT2D eigenvalue weighted by atomic mass is 10.1. The normalized spacial score (nSPS) is 11.0. The zero-order valence-electron chi connectivity index (χ0n) is 11.9. The van der Waals surface area contributed by atoms with Crippen LogP contribution in [0, 0.1) is 0 Å². The minimum absolute atomic E-state index is 0.736. The fourth-order valence-electron chi connectivity index (χ4n) is 2.26. The van der Waals surface area contributed by atoms with Gasteiger partial charge in [-0.25, -0.2) is 0 Å². The summed E-state index contributed by atoms with van der Waals surface area (Å²) in [6, 6.07) is 14.4. The molecule has 0 amide bonds. The third-order valence-corrected chi connectivity index (χ3v) is 5.26. The van der Waals surface area contributed by atoms with Crippen LogP contribution in [0.2, 0.25) is 0 Å². The van der Waals surface area contributed by atoms with Crippen LogP contribution in [0.4, 0.5) is 0 Å². The molecule has 0 unspecified atom stereocenters. The molecule has 0 aliphatic carbocycles. The predicted octanol–water partition coefficient (Wildman–Crippen LogP) is 6.28. The van der Waals surface area contributed by atoms with Crippen molar-refractivity contribution in [3.8, 4) is 17.0 Å². The molecule has 0 fully saturated rings. The highest BCUT2D eigenvalue weighted by atomic mass is 79.9. The summed E-state index contributed by atoms with van der Waals surface area (Å²) in [7, 11) is 0. The highest BCUT2D eigenvalue weighted by Crippen LogP contribution is 2.37. The molecule has 0 N–H and O–H groups in total. The molecule has 3 rings (SSSR count). The van der Waals surface area contributed by atoms with Crippen LogP contribution in [0.5, 0.6) is 5.75 Å². The van der Waals surface area contributed by atoms with Gasteiger partial charge >= 0.3 is 0 Å². The van der Waals surface area contributed by atoms with E-state index in [-0.39, 0.29) is 0 Å². The van der Waals surface area contributed by atoms with E-state index in [2.05, 4.69) is 54.4 Å². The Balaban J connectivity index is 1.95. The van der Waals surface area contributed by atoms with Gasteiger partial charge in [0.2, 0.25) is 0 Å². The van der Waals surface area contributed by atoms with E-state index in [1.165, 1.54) is 11.5 Å². The molecule has 3 aromatic rings. The van der Waals surface area contributed by atoms with Gasteiger partial charge in [-0.05, 0) is 48.6 Å². The molecule has 22 heavy (non-hydrogen) atoms. The average molecular weight is 441 g/mol. The second-order valence-electron chi connectivity index (χ2n) is 4.91.